The highest BCUT2D eigenvalue weighted by Crippen LogP contribution is 2.18. The Morgan fingerprint density at radius 2 is 1.83 bits per heavy atom. The normalized spacial score (nSPS) is 8.42. The van der Waals surface area contributed by atoms with Gasteiger partial charge < -0.3 is 4.74 Å². The zero-order valence-electron chi connectivity index (χ0n) is 8.02. The van der Waals surface area contributed by atoms with Crippen LogP contribution in [0.1, 0.15) is 19.4 Å². The third-order valence-corrected chi connectivity index (χ3v) is 1.44. The summed E-state index contributed by atoms with van der Waals surface area (Å²) >= 11 is 0. The van der Waals surface area contributed by atoms with E-state index in [0.717, 1.165) is 0 Å². The summed E-state index contributed by atoms with van der Waals surface area (Å²) in [6.45, 7) is 5.69. The number of benzene rings is 1. The quantitative estimate of drug-likeness (QED) is 0.629. The van der Waals surface area contributed by atoms with Crippen LogP contribution in [0.5, 0.6) is 5.75 Å². The van der Waals surface area contributed by atoms with Crippen LogP contribution in [0.15, 0.2) is 18.2 Å². The molecule has 0 spiro atoms. The van der Waals surface area contributed by atoms with Crippen molar-refractivity contribution in [2.75, 3.05) is 7.11 Å². The number of rotatable bonds is 1. The van der Waals surface area contributed by atoms with Crippen LogP contribution in [0.2, 0.25) is 0 Å². The number of hydrogen-bond donors (Lipinski definition) is 0. The zero-order valence-corrected chi connectivity index (χ0v) is 8.02. The summed E-state index contributed by atoms with van der Waals surface area (Å²) in [4.78, 5) is 0. The van der Waals surface area contributed by atoms with Crippen LogP contribution in [-0.2, 0) is 0 Å². The van der Waals surface area contributed by atoms with Crippen molar-refractivity contribution in [3.05, 3.63) is 29.6 Å². The molecule has 0 saturated carbocycles. The average Bonchev–Trinajstić information content (AvgIpc) is 2.13. The van der Waals surface area contributed by atoms with E-state index in [9.17, 15) is 4.39 Å². The maximum atomic E-state index is 12.7. The molecule has 1 nitrogen and oxygen atoms in total. The lowest BCUT2D eigenvalue weighted by atomic mass is 10.2. The van der Waals surface area contributed by atoms with Crippen LogP contribution < -0.4 is 4.74 Å². The SMILES string of the molecule is CC.COc1cccc(F)c1C. The van der Waals surface area contributed by atoms with Crippen molar-refractivity contribution >= 4 is 0 Å². The smallest absolute Gasteiger partial charge is 0.129 e. The summed E-state index contributed by atoms with van der Waals surface area (Å²) < 4.78 is 17.6. The molecule has 12 heavy (non-hydrogen) atoms. The van der Waals surface area contributed by atoms with Gasteiger partial charge in [-0.1, -0.05) is 19.9 Å². The molecule has 0 aliphatic heterocycles. The fourth-order valence-corrected chi connectivity index (χ4v) is 0.809. The second kappa shape index (κ2) is 5.58. The summed E-state index contributed by atoms with van der Waals surface area (Å²) in [5.41, 5.74) is 0.560. The number of hydrogen-bond acceptors (Lipinski definition) is 1. The second-order valence-electron chi connectivity index (χ2n) is 2.07. The molecule has 1 rings (SSSR count). The Kier molecular flexibility index (Phi) is 5.09. The monoisotopic (exact) mass is 170 g/mol. The first kappa shape index (κ1) is 11.0. The molecule has 0 N–H and O–H groups in total. The molecule has 0 aliphatic carbocycles. The van der Waals surface area contributed by atoms with E-state index in [0.29, 0.717) is 11.3 Å². The van der Waals surface area contributed by atoms with Gasteiger partial charge in [0, 0.05) is 5.56 Å². The van der Waals surface area contributed by atoms with Gasteiger partial charge in [0.1, 0.15) is 11.6 Å². The molecule has 0 radical (unpaired) electrons. The van der Waals surface area contributed by atoms with E-state index in [-0.39, 0.29) is 5.82 Å². The van der Waals surface area contributed by atoms with Gasteiger partial charge in [0.15, 0.2) is 0 Å². The zero-order chi connectivity index (χ0) is 9.56. The fraction of sp³-hybridized carbons (Fsp3) is 0.400. The molecule has 0 bridgehead atoms. The average molecular weight is 170 g/mol. The third-order valence-electron chi connectivity index (χ3n) is 1.44. The Balaban J connectivity index is 0.000000561. The summed E-state index contributed by atoms with van der Waals surface area (Å²) in [7, 11) is 1.53. The van der Waals surface area contributed by atoms with Gasteiger partial charge in [-0.05, 0) is 19.1 Å². The predicted octanol–water partition coefficient (Wildman–Crippen LogP) is 3.17. The van der Waals surface area contributed by atoms with Gasteiger partial charge in [-0.2, -0.15) is 0 Å². The van der Waals surface area contributed by atoms with Crippen molar-refractivity contribution in [3.8, 4) is 5.75 Å². The van der Waals surface area contributed by atoms with Crippen molar-refractivity contribution in [3.63, 3.8) is 0 Å². The molecule has 1 aromatic rings. The lowest BCUT2D eigenvalue weighted by molar-refractivity contribution is 0.407. The highest BCUT2D eigenvalue weighted by molar-refractivity contribution is 5.32. The van der Waals surface area contributed by atoms with E-state index in [4.69, 9.17) is 4.74 Å². The Hall–Kier alpha value is -1.05. The van der Waals surface area contributed by atoms with Crippen LogP contribution in [-0.4, -0.2) is 7.11 Å². The highest BCUT2D eigenvalue weighted by Gasteiger charge is 2.00. The van der Waals surface area contributed by atoms with E-state index in [1.165, 1.54) is 13.2 Å². The molecule has 0 aliphatic rings. The van der Waals surface area contributed by atoms with E-state index < -0.39 is 0 Å². The first-order valence-corrected chi connectivity index (χ1v) is 4.05. The van der Waals surface area contributed by atoms with Crippen molar-refractivity contribution in [1.82, 2.24) is 0 Å². The molecule has 0 amide bonds. The molecule has 1 aromatic carbocycles. The first-order chi connectivity index (χ1) is 5.75. The molecule has 0 unspecified atom stereocenters. The van der Waals surface area contributed by atoms with Crippen LogP contribution in [0.3, 0.4) is 0 Å². The summed E-state index contributed by atoms with van der Waals surface area (Å²) in [6.07, 6.45) is 0. The topological polar surface area (TPSA) is 9.23 Å². The lowest BCUT2D eigenvalue weighted by Crippen LogP contribution is -1.88. The summed E-state index contributed by atoms with van der Waals surface area (Å²) in [6, 6.07) is 4.78. The van der Waals surface area contributed by atoms with Gasteiger partial charge in [-0.25, -0.2) is 4.39 Å². The second-order valence-corrected chi connectivity index (χ2v) is 2.07. The Bertz CT molecular complexity index is 233. The van der Waals surface area contributed by atoms with Crippen molar-refractivity contribution in [2.45, 2.75) is 20.8 Å². The minimum Gasteiger partial charge on any atom is -0.496 e. The molecule has 0 saturated heterocycles. The molecule has 0 aromatic heterocycles. The number of methoxy groups -OCH3 is 1. The van der Waals surface area contributed by atoms with E-state index >= 15 is 0 Å². The Morgan fingerprint density at radius 3 is 2.25 bits per heavy atom. The van der Waals surface area contributed by atoms with E-state index in [1.54, 1.807) is 19.1 Å². The van der Waals surface area contributed by atoms with Gasteiger partial charge in [-0.3, -0.25) is 0 Å². The third kappa shape index (κ3) is 2.53. The van der Waals surface area contributed by atoms with Crippen LogP contribution in [0, 0.1) is 12.7 Å². The molecular formula is C10H15FO. The van der Waals surface area contributed by atoms with Gasteiger partial charge in [0.2, 0.25) is 0 Å². The molecule has 0 fully saturated rings. The van der Waals surface area contributed by atoms with Gasteiger partial charge in [0.05, 0.1) is 7.11 Å². The minimum absolute atomic E-state index is 0.223. The van der Waals surface area contributed by atoms with Gasteiger partial charge in [0.25, 0.3) is 0 Å². The maximum absolute atomic E-state index is 12.7. The van der Waals surface area contributed by atoms with Gasteiger partial charge in [-0.15, -0.1) is 0 Å². The van der Waals surface area contributed by atoms with Crippen molar-refractivity contribution < 1.29 is 9.13 Å². The number of ether oxygens (including phenoxy) is 1. The van der Waals surface area contributed by atoms with E-state index in [2.05, 4.69) is 0 Å². The molecule has 2 heteroatoms. The minimum atomic E-state index is -0.223. The van der Waals surface area contributed by atoms with Crippen LogP contribution in [0.4, 0.5) is 4.39 Å². The Morgan fingerprint density at radius 1 is 1.25 bits per heavy atom. The van der Waals surface area contributed by atoms with Crippen molar-refractivity contribution in [1.29, 1.82) is 0 Å². The van der Waals surface area contributed by atoms with Crippen LogP contribution >= 0.6 is 0 Å². The molecule has 68 valence electrons. The largest absolute Gasteiger partial charge is 0.496 e. The summed E-state index contributed by atoms with van der Waals surface area (Å²) in [5.74, 6) is 0.374. The first-order valence-electron chi connectivity index (χ1n) is 4.05. The van der Waals surface area contributed by atoms with E-state index in [1.807, 2.05) is 13.8 Å². The molecule has 0 atom stereocenters. The maximum Gasteiger partial charge on any atom is 0.129 e. The number of halogens is 1. The van der Waals surface area contributed by atoms with Crippen molar-refractivity contribution in [2.24, 2.45) is 0 Å². The fourth-order valence-electron chi connectivity index (χ4n) is 0.809. The predicted molar refractivity (Wildman–Crippen MR) is 49.0 cm³/mol. The van der Waals surface area contributed by atoms with Crippen LogP contribution in [0.25, 0.3) is 0 Å². The molecule has 0 heterocycles. The molecular weight excluding hydrogens is 155 g/mol. The lowest BCUT2D eigenvalue weighted by Gasteiger charge is -2.02. The highest BCUT2D eigenvalue weighted by atomic mass is 19.1. The Labute approximate surface area is 73.2 Å². The summed E-state index contributed by atoms with van der Waals surface area (Å²) in [5, 5.41) is 0. The standard InChI is InChI=1S/C8H9FO.C2H6/c1-6-7(9)4-3-5-8(6)10-2;1-2/h3-5H,1-2H3;1-2H3. The van der Waals surface area contributed by atoms with Gasteiger partial charge >= 0.3 is 0 Å².